The molecule has 0 amide bonds. The summed E-state index contributed by atoms with van der Waals surface area (Å²) in [6.45, 7) is 4.71. The lowest BCUT2D eigenvalue weighted by Crippen LogP contribution is -2.17. The lowest BCUT2D eigenvalue weighted by atomic mass is 10.2. The Labute approximate surface area is 164 Å². The Morgan fingerprint density at radius 3 is 2.59 bits per heavy atom. The van der Waals surface area contributed by atoms with Crippen LogP contribution >= 0.6 is 12.2 Å². The minimum absolute atomic E-state index is 0.375. The maximum absolute atomic E-state index is 5.87. The molecule has 0 aliphatic heterocycles. The topological polar surface area (TPSA) is 51.4 Å². The molecule has 0 aliphatic carbocycles. The highest BCUT2D eigenvalue weighted by atomic mass is 32.1. The van der Waals surface area contributed by atoms with E-state index in [-0.39, 0.29) is 0 Å². The number of rotatable bonds is 5. The van der Waals surface area contributed by atoms with Gasteiger partial charge in [-0.2, -0.15) is 5.10 Å². The molecular weight excluding hydrogens is 356 g/mol. The summed E-state index contributed by atoms with van der Waals surface area (Å²) in [5.74, 6) is 0.627. The van der Waals surface area contributed by atoms with Gasteiger partial charge in [-0.15, -0.1) is 0 Å². The Kier molecular flexibility index (Phi) is 6.33. The maximum atomic E-state index is 5.87. The Morgan fingerprint density at radius 1 is 1.15 bits per heavy atom. The predicted molar refractivity (Wildman–Crippen MR) is 112 cm³/mol. The van der Waals surface area contributed by atoms with Crippen LogP contribution in [0.4, 0.5) is 5.69 Å². The van der Waals surface area contributed by atoms with Gasteiger partial charge in [-0.05, 0) is 49.8 Å². The van der Waals surface area contributed by atoms with Crippen molar-refractivity contribution in [2.24, 2.45) is 4.99 Å². The lowest BCUT2D eigenvalue weighted by molar-refractivity contribution is 0.291. The molecule has 1 heterocycles. The molecule has 0 bridgehead atoms. The van der Waals surface area contributed by atoms with Crippen molar-refractivity contribution >= 4 is 23.0 Å². The van der Waals surface area contributed by atoms with Crippen molar-refractivity contribution in [1.82, 2.24) is 9.78 Å². The lowest BCUT2D eigenvalue weighted by Gasteiger charge is -2.12. The minimum Gasteiger partial charge on any atom is -0.478 e. The molecule has 138 valence electrons. The molecule has 27 heavy (non-hydrogen) atoms. The highest BCUT2D eigenvalue weighted by Gasteiger charge is 2.05. The number of ether oxygens (including phenoxy) is 1. The molecule has 0 aliphatic rings. The van der Waals surface area contributed by atoms with E-state index in [0.717, 1.165) is 17.8 Å². The molecule has 0 radical (unpaired) electrons. The van der Waals surface area contributed by atoms with Crippen molar-refractivity contribution in [2.75, 3.05) is 11.9 Å². The van der Waals surface area contributed by atoms with Gasteiger partial charge in [0.2, 0.25) is 5.88 Å². The first-order valence-corrected chi connectivity index (χ1v) is 9.26. The van der Waals surface area contributed by atoms with Gasteiger partial charge in [0.15, 0.2) is 5.11 Å². The molecule has 0 saturated heterocycles. The molecule has 2 aromatic carbocycles. The molecule has 0 spiro atoms. The first kappa shape index (κ1) is 18.8. The number of aromatic nitrogens is 2. The van der Waals surface area contributed by atoms with Gasteiger partial charge in [0, 0.05) is 11.8 Å². The standard InChI is InChI=1S/C21H22N4OS/c1-3-13-26-20-14-18(15-22-25(20)19-7-5-4-6-8-19)24-21(27)23-17-11-9-16(2)10-12-17/h4-12,14-15H,3,13H2,1-2H3,(H,23,27). The third-order valence-corrected chi connectivity index (χ3v) is 3.97. The van der Waals surface area contributed by atoms with Crippen LogP contribution < -0.4 is 15.4 Å². The summed E-state index contributed by atoms with van der Waals surface area (Å²) in [7, 11) is 0. The first-order valence-electron chi connectivity index (χ1n) is 8.85. The van der Waals surface area contributed by atoms with Crippen LogP contribution in [0.5, 0.6) is 5.88 Å². The third kappa shape index (κ3) is 5.24. The van der Waals surface area contributed by atoms with Crippen LogP contribution in [0.2, 0.25) is 0 Å². The highest BCUT2D eigenvalue weighted by Crippen LogP contribution is 2.14. The van der Waals surface area contributed by atoms with E-state index < -0.39 is 0 Å². The van der Waals surface area contributed by atoms with E-state index in [4.69, 9.17) is 17.0 Å². The Bertz CT molecular complexity index is 965. The normalized spacial score (nSPS) is 11.3. The van der Waals surface area contributed by atoms with E-state index in [1.165, 1.54) is 5.56 Å². The van der Waals surface area contributed by atoms with Crippen LogP contribution in [0, 0.1) is 6.92 Å². The van der Waals surface area contributed by atoms with E-state index in [9.17, 15) is 0 Å². The van der Waals surface area contributed by atoms with Crippen molar-refractivity contribution in [3.8, 4) is 11.6 Å². The fraction of sp³-hybridized carbons (Fsp3) is 0.190. The number of para-hydroxylation sites is 1. The van der Waals surface area contributed by atoms with Gasteiger partial charge in [-0.3, -0.25) is 0 Å². The van der Waals surface area contributed by atoms with Crippen molar-refractivity contribution in [1.29, 1.82) is 0 Å². The van der Waals surface area contributed by atoms with Crippen molar-refractivity contribution in [3.63, 3.8) is 0 Å². The Morgan fingerprint density at radius 2 is 1.89 bits per heavy atom. The van der Waals surface area contributed by atoms with Gasteiger partial charge in [-0.1, -0.05) is 42.8 Å². The number of anilines is 1. The minimum atomic E-state index is 0.375. The molecule has 3 rings (SSSR count). The average molecular weight is 379 g/mol. The summed E-state index contributed by atoms with van der Waals surface area (Å²) in [4.78, 5) is 4.44. The molecule has 5 nitrogen and oxygen atoms in total. The number of hydrogen-bond donors (Lipinski definition) is 1. The molecule has 6 heteroatoms. The summed E-state index contributed by atoms with van der Waals surface area (Å²) in [5, 5.41) is 8.61. The van der Waals surface area contributed by atoms with Crippen LogP contribution in [0.1, 0.15) is 18.9 Å². The van der Waals surface area contributed by atoms with Crippen LogP contribution in [-0.4, -0.2) is 21.5 Å². The summed E-state index contributed by atoms with van der Waals surface area (Å²) >= 11 is 5.35. The first-order chi connectivity index (χ1) is 13.2. The summed E-state index contributed by atoms with van der Waals surface area (Å²) < 4.78 is 7.63. The van der Waals surface area contributed by atoms with Crippen LogP contribution in [-0.2, 0) is 0 Å². The number of hydrogen-bond acceptors (Lipinski definition) is 3. The van der Waals surface area contributed by atoms with Crippen LogP contribution in [0.25, 0.3) is 5.69 Å². The molecule has 1 aromatic heterocycles. The smallest absolute Gasteiger partial charge is 0.217 e. The van der Waals surface area contributed by atoms with Gasteiger partial charge < -0.3 is 10.1 Å². The van der Waals surface area contributed by atoms with Gasteiger partial charge in [0.25, 0.3) is 0 Å². The highest BCUT2D eigenvalue weighted by molar-refractivity contribution is 7.80. The second kappa shape index (κ2) is 9.09. The van der Waals surface area contributed by atoms with E-state index in [1.807, 2.05) is 67.6 Å². The van der Waals surface area contributed by atoms with Crippen LogP contribution in [0.15, 0.2) is 71.9 Å². The zero-order chi connectivity index (χ0) is 19.1. The monoisotopic (exact) mass is 378 g/mol. The third-order valence-electron chi connectivity index (χ3n) is 3.77. The number of nitrogens with one attached hydrogen (secondary N) is 1. The fourth-order valence-corrected chi connectivity index (χ4v) is 2.66. The Hall–Kier alpha value is -2.99. The second-order valence-electron chi connectivity index (χ2n) is 6.06. The Balaban J connectivity index is 1.87. The predicted octanol–water partition coefficient (Wildman–Crippen LogP) is 4.27. The molecule has 0 saturated carbocycles. The van der Waals surface area contributed by atoms with E-state index in [2.05, 4.69) is 22.3 Å². The van der Waals surface area contributed by atoms with Crippen LogP contribution in [0.3, 0.4) is 0 Å². The molecular formula is C21H22N4OS. The molecule has 0 unspecified atom stereocenters. The molecule has 3 aromatic rings. The van der Waals surface area contributed by atoms with Crippen molar-refractivity contribution in [3.05, 3.63) is 77.8 Å². The summed E-state index contributed by atoms with van der Waals surface area (Å²) in [6.07, 6.45) is 2.58. The zero-order valence-electron chi connectivity index (χ0n) is 15.4. The van der Waals surface area contributed by atoms with Crippen molar-refractivity contribution in [2.45, 2.75) is 20.3 Å². The maximum Gasteiger partial charge on any atom is 0.217 e. The SMILES string of the molecule is CCCOc1cc(=NC(=S)Nc2ccc(C)cc2)cnn1-c1ccccc1. The van der Waals surface area contributed by atoms with E-state index in [0.29, 0.717) is 23.0 Å². The van der Waals surface area contributed by atoms with Gasteiger partial charge in [0.1, 0.15) is 0 Å². The van der Waals surface area contributed by atoms with E-state index >= 15 is 0 Å². The summed E-state index contributed by atoms with van der Waals surface area (Å²) in [5.41, 5.74) is 3.02. The number of thiocarbonyl (C=S) groups is 1. The number of aryl methyl sites for hydroxylation is 1. The molecule has 0 atom stereocenters. The van der Waals surface area contributed by atoms with Gasteiger partial charge in [-0.25, -0.2) is 9.67 Å². The average Bonchev–Trinajstić information content (AvgIpc) is 2.69. The zero-order valence-corrected chi connectivity index (χ0v) is 16.2. The number of benzene rings is 2. The summed E-state index contributed by atoms with van der Waals surface area (Å²) in [6, 6.07) is 19.7. The quantitative estimate of drug-likeness (QED) is 0.674. The fourth-order valence-electron chi connectivity index (χ4n) is 2.44. The number of nitrogens with zero attached hydrogens (tertiary/aromatic N) is 3. The van der Waals surface area contributed by atoms with E-state index in [1.54, 1.807) is 10.9 Å². The largest absolute Gasteiger partial charge is 0.478 e. The second-order valence-corrected chi connectivity index (χ2v) is 6.44. The van der Waals surface area contributed by atoms with Crippen molar-refractivity contribution < 1.29 is 4.74 Å². The molecule has 1 N–H and O–H groups in total. The molecule has 0 fully saturated rings. The van der Waals surface area contributed by atoms with Gasteiger partial charge >= 0.3 is 0 Å². The van der Waals surface area contributed by atoms with Gasteiger partial charge in [0.05, 0.1) is 23.8 Å².